The minimum Gasteiger partial charge on any atom is -0.456 e. The van der Waals surface area contributed by atoms with Crippen LogP contribution < -0.4 is 0 Å². The molecule has 1 aliphatic carbocycles. The highest BCUT2D eigenvalue weighted by molar-refractivity contribution is 6.17. The van der Waals surface area contributed by atoms with E-state index in [0.29, 0.717) is 23.2 Å². The number of para-hydroxylation sites is 1. The Morgan fingerprint density at radius 1 is 0.333 bits per heavy atom. The highest BCUT2D eigenvalue weighted by Gasteiger charge is 2.24. The van der Waals surface area contributed by atoms with Crippen molar-refractivity contribution in [2.24, 2.45) is 0 Å². The van der Waals surface area contributed by atoms with E-state index in [0.717, 1.165) is 66.0 Å². The molecule has 0 bridgehead atoms. The van der Waals surface area contributed by atoms with Crippen LogP contribution >= 0.6 is 0 Å². The SMILES string of the molecule is c1ccc(-c2nc(-c3cc4c5c(cccc5n3)-c3ccccc3-4)nc(-c3cccc4c(-c5cccc6oc7ccccc7c56)cccc34)n2)cc1. The van der Waals surface area contributed by atoms with Gasteiger partial charge in [0.15, 0.2) is 17.5 Å². The molecule has 7 aromatic carbocycles. The summed E-state index contributed by atoms with van der Waals surface area (Å²) >= 11 is 0. The van der Waals surface area contributed by atoms with E-state index < -0.39 is 0 Å². The van der Waals surface area contributed by atoms with Gasteiger partial charge in [-0.25, -0.2) is 19.9 Å². The van der Waals surface area contributed by atoms with E-state index in [4.69, 9.17) is 24.4 Å². The van der Waals surface area contributed by atoms with E-state index in [1.165, 1.54) is 22.1 Å². The first kappa shape index (κ1) is 27.9. The van der Waals surface area contributed by atoms with Crippen LogP contribution in [-0.2, 0) is 0 Å². The summed E-state index contributed by atoms with van der Waals surface area (Å²) in [4.78, 5) is 20.5. The van der Waals surface area contributed by atoms with E-state index in [1.54, 1.807) is 0 Å². The molecule has 0 saturated heterocycles. The van der Waals surface area contributed by atoms with Gasteiger partial charge in [-0.2, -0.15) is 0 Å². The summed E-state index contributed by atoms with van der Waals surface area (Å²) < 4.78 is 6.26. The van der Waals surface area contributed by atoms with Gasteiger partial charge in [0.2, 0.25) is 0 Å². The molecular formula is C46H26N4O. The third kappa shape index (κ3) is 4.22. The lowest BCUT2D eigenvalue weighted by molar-refractivity contribution is 0.669. The topological polar surface area (TPSA) is 64.7 Å². The summed E-state index contributed by atoms with van der Waals surface area (Å²) in [5.41, 5.74) is 12.3. The molecule has 0 saturated carbocycles. The van der Waals surface area contributed by atoms with Crippen LogP contribution in [0.25, 0.3) is 111 Å². The fourth-order valence-corrected chi connectivity index (χ4v) is 7.86. The minimum atomic E-state index is 0.537. The molecule has 0 unspecified atom stereocenters. The zero-order valence-electron chi connectivity index (χ0n) is 27.2. The van der Waals surface area contributed by atoms with Crippen molar-refractivity contribution in [3.8, 4) is 67.7 Å². The number of hydrogen-bond donors (Lipinski definition) is 0. The number of nitrogens with zero attached hydrogens (tertiary/aromatic N) is 4. The molecule has 1 aliphatic rings. The Hall–Kier alpha value is -6.98. The lowest BCUT2D eigenvalue weighted by atomic mass is 9.93. The van der Waals surface area contributed by atoms with Gasteiger partial charge < -0.3 is 4.42 Å². The van der Waals surface area contributed by atoms with Crippen LogP contribution in [0, 0.1) is 0 Å². The number of furan rings is 1. The number of hydrogen-bond acceptors (Lipinski definition) is 5. The van der Waals surface area contributed by atoms with E-state index in [2.05, 4.69) is 109 Å². The number of aromatic nitrogens is 4. The molecule has 0 N–H and O–H groups in total. The Kier molecular flexibility index (Phi) is 5.89. The van der Waals surface area contributed by atoms with Crippen LogP contribution in [0.3, 0.4) is 0 Å². The molecule has 236 valence electrons. The molecule has 11 rings (SSSR count). The average molecular weight is 651 g/mol. The Labute approximate surface area is 292 Å². The van der Waals surface area contributed by atoms with Crippen molar-refractivity contribution < 1.29 is 4.42 Å². The van der Waals surface area contributed by atoms with Crippen LogP contribution in [0.5, 0.6) is 0 Å². The van der Waals surface area contributed by atoms with Gasteiger partial charge in [-0.15, -0.1) is 0 Å². The van der Waals surface area contributed by atoms with Crippen molar-refractivity contribution in [2.45, 2.75) is 0 Å². The van der Waals surface area contributed by atoms with E-state index in [9.17, 15) is 0 Å². The first-order valence-electron chi connectivity index (χ1n) is 17.1. The van der Waals surface area contributed by atoms with Crippen molar-refractivity contribution in [1.29, 1.82) is 0 Å². The Morgan fingerprint density at radius 2 is 0.902 bits per heavy atom. The van der Waals surface area contributed by atoms with Crippen LogP contribution in [0.1, 0.15) is 0 Å². The Morgan fingerprint density at radius 3 is 1.76 bits per heavy atom. The molecule has 5 nitrogen and oxygen atoms in total. The highest BCUT2D eigenvalue weighted by atomic mass is 16.3. The summed E-state index contributed by atoms with van der Waals surface area (Å²) in [6.45, 7) is 0. The van der Waals surface area contributed by atoms with Crippen molar-refractivity contribution in [2.75, 3.05) is 0 Å². The van der Waals surface area contributed by atoms with Gasteiger partial charge in [-0.3, -0.25) is 0 Å². The molecule has 0 fully saturated rings. The van der Waals surface area contributed by atoms with Gasteiger partial charge >= 0.3 is 0 Å². The van der Waals surface area contributed by atoms with Crippen molar-refractivity contribution in [3.05, 3.63) is 158 Å². The first-order chi connectivity index (χ1) is 25.3. The van der Waals surface area contributed by atoms with E-state index >= 15 is 0 Å². The van der Waals surface area contributed by atoms with Crippen LogP contribution in [0.4, 0.5) is 0 Å². The van der Waals surface area contributed by atoms with Crippen LogP contribution in [0.15, 0.2) is 162 Å². The van der Waals surface area contributed by atoms with Gasteiger partial charge in [0.25, 0.3) is 0 Å². The highest BCUT2D eigenvalue weighted by Crippen LogP contribution is 2.48. The molecule has 0 atom stereocenters. The third-order valence-electron chi connectivity index (χ3n) is 10.1. The lowest BCUT2D eigenvalue weighted by Gasteiger charge is -2.13. The van der Waals surface area contributed by atoms with Gasteiger partial charge in [-0.05, 0) is 68.4 Å². The molecule has 3 aromatic heterocycles. The normalized spacial score (nSPS) is 11.9. The largest absolute Gasteiger partial charge is 0.456 e. The lowest BCUT2D eigenvalue weighted by Crippen LogP contribution is -2.02. The monoisotopic (exact) mass is 650 g/mol. The molecular weight excluding hydrogens is 625 g/mol. The molecule has 0 spiro atoms. The molecule has 10 aromatic rings. The molecule has 0 amide bonds. The van der Waals surface area contributed by atoms with E-state index in [1.807, 2.05) is 48.5 Å². The predicted octanol–water partition coefficient (Wildman–Crippen LogP) is 11.8. The fraction of sp³-hybridized carbons (Fsp3) is 0. The maximum absolute atomic E-state index is 6.26. The molecule has 0 radical (unpaired) electrons. The van der Waals surface area contributed by atoms with Crippen LogP contribution in [-0.4, -0.2) is 19.9 Å². The van der Waals surface area contributed by atoms with E-state index in [-0.39, 0.29) is 0 Å². The third-order valence-corrected chi connectivity index (χ3v) is 10.1. The second-order valence-corrected chi connectivity index (χ2v) is 13.0. The number of benzene rings is 7. The first-order valence-corrected chi connectivity index (χ1v) is 17.1. The van der Waals surface area contributed by atoms with Gasteiger partial charge in [-0.1, -0.05) is 133 Å². The number of pyridine rings is 1. The maximum Gasteiger partial charge on any atom is 0.182 e. The average Bonchev–Trinajstić information content (AvgIpc) is 3.74. The van der Waals surface area contributed by atoms with Gasteiger partial charge in [0.05, 0.1) is 5.52 Å². The van der Waals surface area contributed by atoms with Crippen molar-refractivity contribution >= 4 is 43.6 Å². The zero-order valence-corrected chi connectivity index (χ0v) is 27.2. The standard InChI is InChI=1S/C46H26N4O/c1-2-12-27(13-3-1)44-48-45(50-46(49-44)39-26-37-32-15-5-4-14-29(32)33-20-10-23-38(47-39)42(33)37)35-22-9-17-28-30(18-8-19-31(28)35)34-21-11-25-41-43(34)36-16-6-7-24-40(36)51-41/h1-26H. The van der Waals surface area contributed by atoms with Crippen molar-refractivity contribution in [1.82, 2.24) is 19.9 Å². The number of fused-ring (bicyclic) bond motifs is 7. The Bertz CT molecular complexity index is 3040. The Balaban J connectivity index is 1.14. The fourth-order valence-electron chi connectivity index (χ4n) is 7.86. The summed E-state index contributed by atoms with van der Waals surface area (Å²) in [7, 11) is 0. The molecule has 51 heavy (non-hydrogen) atoms. The summed E-state index contributed by atoms with van der Waals surface area (Å²) in [6.07, 6.45) is 0. The second kappa shape index (κ2) is 10.8. The van der Waals surface area contributed by atoms with Crippen LogP contribution in [0.2, 0.25) is 0 Å². The van der Waals surface area contributed by atoms with Gasteiger partial charge in [0, 0.05) is 27.3 Å². The van der Waals surface area contributed by atoms with Crippen molar-refractivity contribution in [3.63, 3.8) is 0 Å². The smallest absolute Gasteiger partial charge is 0.182 e. The summed E-state index contributed by atoms with van der Waals surface area (Å²) in [6, 6.07) is 54.5. The second-order valence-electron chi connectivity index (χ2n) is 13.0. The summed E-state index contributed by atoms with van der Waals surface area (Å²) in [5, 5.41) is 5.55. The molecule has 3 heterocycles. The maximum atomic E-state index is 6.26. The zero-order chi connectivity index (χ0) is 33.5. The van der Waals surface area contributed by atoms with Gasteiger partial charge in [0.1, 0.15) is 16.9 Å². The number of rotatable bonds is 4. The minimum absolute atomic E-state index is 0.537. The summed E-state index contributed by atoms with van der Waals surface area (Å²) in [5.74, 6) is 1.74. The molecule has 5 heteroatoms. The predicted molar refractivity (Wildman–Crippen MR) is 206 cm³/mol. The quantitative estimate of drug-likeness (QED) is 0.190. The molecule has 0 aliphatic heterocycles.